The molecule has 146 valence electrons. The summed E-state index contributed by atoms with van der Waals surface area (Å²) in [4.78, 5) is 24.3. The van der Waals surface area contributed by atoms with Crippen molar-refractivity contribution in [3.63, 3.8) is 0 Å². The van der Waals surface area contributed by atoms with Crippen LogP contribution in [0.4, 0.5) is 0 Å². The lowest BCUT2D eigenvalue weighted by molar-refractivity contribution is -0.193. The summed E-state index contributed by atoms with van der Waals surface area (Å²) < 4.78 is 32.0. The molecule has 0 aliphatic rings. The van der Waals surface area contributed by atoms with E-state index in [1.54, 1.807) is 6.92 Å². The highest BCUT2D eigenvalue weighted by atomic mass is 32.9. The Morgan fingerprint density at radius 1 is 1.16 bits per heavy atom. The molecule has 0 heterocycles. The molecule has 8 nitrogen and oxygen atoms in total. The summed E-state index contributed by atoms with van der Waals surface area (Å²) in [5.74, 6) is -1.34. The first-order valence-corrected chi connectivity index (χ1v) is 11.4. The van der Waals surface area contributed by atoms with Gasteiger partial charge in [0.05, 0.1) is 19.4 Å². The summed E-state index contributed by atoms with van der Waals surface area (Å²) in [7, 11) is 2.11. The van der Waals surface area contributed by atoms with Crippen LogP contribution in [0.25, 0.3) is 0 Å². The minimum atomic E-state index is -1.63. The molecule has 0 spiro atoms. The molecular weight excluding hydrogens is 391 g/mol. The van der Waals surface area contributed by atoms with Crippen molar-refractivity contribution < 1.29 is 38.2 Å². The second kappa shape index (κ2) is 11.9. The van der Waals surface area contributed by atoms with Crippen molar-refractivity contribution in [3.05, 3.63) is 0 Å². The van der Waals surface area contributed by atoms with E-state index < -0.39 is 29.7 Å². The van der Waals surface area contributed by atoms with Gasteiger partial charge in [-0.25, -0.2) is 9.59 Å². The molecule has 3 unspecified atom stereocenters. The molecule has 0 rings (SSSR count). The standard InChI is InChI=1S/C14H25O8PS2/c1-5-13(2,11(16)21-8-9-23(18)25-24)22-10-14(3,19-4)12(17)20-7-6-15/h15H,5-10H2,1-4H3. The van der Waals surface area contributed by atoms with Crippen molar-refractivity contribution in [1.29, 1.82) is 0 Å². The van der Waals surface area contributed by atoms with Crippen LogP contribution < -0.4 is 0 Å². The number of aliphatic hydroxyl groups is 1. The number of hydrogen-bond donors (Lipinski definition) is 1. The van der Waals surface area contributed by atoms with Gasteiger partial charge in [-0.3, -0.25) is 4.57 Å². The minimum Gasteiger partial charge on any atom is -0.463 e. The van der Waals surface area contributed by atoms with Gasteiger partial charge in [0.15, 0.2) is 17.8 Å². The van der Waals surface area contributed by atoms with E-state index in [2.05, 4.69) is 11.2 Å². The maximum absolute atomic E-state index is 12.2. The molecule has 0 radical (unpaired) electrons. The van der Waals surface area contributed by atoms with Crippen LogP contribution in [0.1, 0.15) is 27.2 Å². The molecule has 0 aliphatic heterocycles. The second-order valence-electron chi connectivity index (χ2n) is 5.43. The van der Waals surface area contributed by atoms with E-state index in [4.69, 9.17) is 24.1 Å². The van der Waals surface area contributed by atoms with Crippen LogP contribution in [0.15, 0.2) is 0 Å². The molecule has 0 aromatic rings. The Kier molecular flexibility index (Phi) is 11.6. The maximum atomic E-state index is 12.2. The Balaban J connectivity index is 4.85. The molecule has 11 heteroatoms. The first kappa shape index (κ1) is 24.4. The largest absolute Gasteiger partial charge is 0.463 e. The fourth-order valence-electron chi connectivity index (χ4n) is 1.50. The van der Waals surface area contributed by atoms with E-state index in [0.717, 1.165) is 9.50 Å². The minimum absolute atomic E-state index is 0.0310. The van der Waals surface area contributed by atoms with Crippen molar-refractivity contribution in [2.24, 2.45) is 0 Å². The zero-order valence-electron chi connectivity index (χ0n) is 14.8. The first-order valence-electron chi connectivity index (χ1n) is 7.58. The van der Waals surface area contributed by atoms with Crippen molar-refractivity contribution in [2.45, 2.75) is 38.4 Å². The van der Waals surface area contributed by atoms with Crippen molar-refractivity contribution in [1.82, 2.24) is 0 Å². The van der Waals surface area contributed by atoms with Gasteiger partial charge in [-0.05, 0) is 41.0 Å². The Hall–Kier alpha value is -0.640. The second-order valence-corrected chi connectivity index (χ2v) is 9.71. The third-order valence-corrected chi connectivity index (χ3v) is 6.83. The SMILES string of the molecule is CCC(C)(OCC(C)(OC)C(=O)OCCO)C(=O)OCCP(=O)=S=S. The molecule has 0 aliphatic carbocycles. The topological polar surface area (TPSA) is 108 Å². The summed E-state index contributed by atoms with van der Waals surface area (Å²) >= 11 is 4.59. The Morgan fingerprint density at radius 2 is 1.72 bits per heavy atom. The molecule has 0 aromatic carbocycles. The van der Waals surface area contributed by atoms with E-state index in [1.165, 1.54) is 21.0 Å². The average Bonchev–Trinajstić information content (AvgIpc) is 2.63. The zero-order chi connectivity index (χ0) is 19.5. The van der Waals surface area contributed by atoms with Crippen LogP contribution in [-0.4, -0.2) is 67.9 Å². The molecule has 0 saturated heterocycles. The number of esters is 2. The summed E-state index contributed by atoms with van der Waals surface area (Å²) in [5.41, 5.74) is -2.74. The van der Waals surface area contributed by atoms with Crippen LogP contribution in [0.3, 0.4) is 0 Å². The van der Waals surface area contributed by atoms with Crippen LogP contribution in [-0.2, 0) is 53.8 Å². The summed E-state index contributed by atoms with van der Waals surface area (Å²) in [6.07, 6.45) is 0.456. The number of methoxy groups -OCH3 is 1. The highest BCUT2D eigenvalue weighted by molar-refractivity contribution is 8.32. The molecule has 1 N–H and O–H groups in total. The van der Waals surface area contributed by atoms with E-state index in [9.17, 15) is 14.2 Å². The molecule has 0 aromatic heterocycles. The molecule has 0 amide bonds. The van der Waals surface area contributed by atoms with E-state index in [0.29, 0.717) is 6.42 Å². The Bertz CT molecular complexity index is 559. The third kappa shape index (κ3) is 8.06. The van der Waals surface area contributed by atoms with Crippen molar-refractivity contribution in [3.8, 4) is 0 Å². The third-order valence-electron chi connectivity index (χ3n) is 3.57. The van der Waals surface area contributed by atoms with Crippen LogP contribution in [0, 0.1) is 0 Å². The molecular formula is C14H25O8PS2. The smallest absolute Gasteiger partial charge is 0.340 e. The molecule has 25 heavy (non-hydrogen) atoms. The van der Waals surface area contributed by atoms with Crippen LogP contribution in [0.5, 0.6) is 0 Å². The average molecular weight is 416 g/mol. The zero-order valence-corrected chi connectivity index (χ0v) is 17.3. The predicted molar refractivity (Wildman–Crippen MR) is 96.3 cm³/mol. The highest BCUT2D eigenvalue weighted by Gasteiger charge is 2.41. The molecule has 0 saturated carbocycles. The van der Waals surface area contributed by atoms with Crippen LogP contribution >= 0.6 is 6.58 Å². The number of rotatable bonds is 12. The van der Waals surface area contributed by atoms with Gasteiger partial charge >= 0.3 is 11.9 Å². The van der Waals surface area contributed by atoms with E-state index >= 15 is 0 Å². The molecule has 0 fully saturated rings. The predicted octanol–water partition coefficient (Wildman–Crippen LogP) is 0.942. The number of carbonyl (C=O) groups is 2. The van der Waals surface area contributed by atoms with Gasteiger partial charge in [-0.2, -0.15) is 0 Å². The van der Waals surface area contributed by atoms with Gasteiger partial charge in [0, 0.05) is 7.11 Å². The number of ether oxygens (including phenoxy) is 4. The maximum Gasteiger partial charge on any atom is 0.340 e. The van der Waals surface area contributed by atoms with Gasteiger partial charge in [-0.15, -0.1) is 0 Å². The van der Waals surface area contributed by atoms with Gasteiger partial charge in [-0.1, -0.05) is 6.92 Å². The monoisotopic (exact) mass is 416 g/mol. The highest BCUT2D eigenvalue weighted by Crippen LogP contribution is 2.22. The van der Waals surface area contributed by atoms with E-state index in [-0.39, 0.29) is 32.6 Å². The Morgan fingerprint density at radius 3 is 2.20 bits per heavy atom. The van der Waals surface area contributed by atoms with Gasteiger partial charge in [0.25, 0.3) is 0 Å². The first-order chi connectivity index (χ1) is 11.7. The fourth-order valence-corrected chi connectivity index (χ4v) is 2.93. The quantitative estimate of drug-likeness (QED) is 0.367. The number of aliphatic hydroxyl groups excluding tert-OH is 1. The number of hydrogen-bond acceptors (Lipinski definition) is 9. The Labute approximate surface area is 155 Å². The van der Waals surface area contributed by atoms with E-state index in [1.807, 2.05) is 0 Å². The summed E-state index contributed by atoms with van der Waals surface area (Å²) in [6, 6.07) is 0. The summed E-state index contributed by atoms with van der Waals surface area (Å²) in [5, 5.41) is 8.72. The molecule has 3 atom stereocenters. The van der Waals surface area contributed by atoms with Gasteiger partial charge < -0.3 is 24.1 Å². The van der Waals surface area contributed by atoms with Gasteiger partial charge in [0.1, 0.15) is 13.2 Å². The number of carbonyl (C=O) groups excluding carboxylic acids is 2. The normalized spacial score (nSPS) is 16.3. The lowest BCUT2D eigenvalue weighted by Gasteiger charge is -2.32. The lowest BCUT2D eigenvalue weighted by atomic mass is 10.0. The lowest BCUT2D eigenvalue weighted by Crippen LogP contribution is -2.49. The summed E-state index contributed by atoms with van der Waals surface area (Å²) in [6.45, 7) is 2.34. The fraction of sp³-hybridized carbons (Fsp3) is 0.857. The van der Waals surface area contributed by atoms with Crippen LogP contribution in [0.2, 0.25) is 0 Å². The molecule has 0 bridgehead atoms. The van der Waals surface area contributed by atoms with Crippen molar-refractivity contribution in [2.75, 3.05) is 39.7 Å². The van der Waals surface area contributed by atoms with Crippen molar-refractivity contribution >= 4 is 39.2 Å². The van der Waals surface area contributed by atoms with Gasteiger partial charge in [0.2, 0.25) is 0 Å².